The minimum atomic E-state index is -3.45. The Labute approximate surface area is 135 Å². The lowest BCUT2D eigenvalue weighted by Gasteiger charge is -2.36. The molecule has 1 aromatic rings. The second-order valence-electron chi connectivity index (χ2n) is 4.51. The van der Waals surface area contributed by atoms with Crippen molar-refractivity contribution in [2.45, 2.75) is 30.0 Å². The van der Waals surface area contributed by atoms with Crippen molar-refractivity contribution in [1.29, 1.82) is 0 Å². The molecule has 7 heteroatoms. The van der Waals surface area contributed by atoms with E-state index in [9.17, 15) is 8.42 Å². The van der Waals surface area contributed by atoms with Crippen LogP contribution in [0.2, 0.25) is 0 Å². The van der Waals surface area contributed by atoms with Crippen molar-refractivity contribution in [2.24, 2.45) is 0 Å². The molecule has 0 aromatic heterocycles. The minimum Gasteiger partial charge on any atom is -0.207 e. The molecule has 2 atom stereocenters. The van der Waals surface area contributed by atoms with Crippen LogP contribution >= 0.6 is 43.6 Å². The summed E-state index contributed by atoms with van der Waals surface area (Å²) >= 11 is 8.49. The first kappa shape index (κ1) is 15.8. The van der Waals surface area contributed by atoms with Gasteiger partial charge in [0.2, 0.25) is 10.0 Å². The van der Waals surface area contributed by atoms with Gasteiger partial charge in [-0.3, -0.25) is 0 Å². The molecule has 2 unspecified atom stereocenters. The first-order chi connectivity index (χ1) is 8.84. The van der Waals surface area contributed by atoms with Crippen molar-refractivity contribution >= 4 is 53.6 Å². The van der Waals surface area contributed by atoms with Crippen molar-refractivity contribution in [3.8, 4) is 0 Å². The van der Waals surface area contributed by atoms with E-state index in [2.05, 4.69) is 38.8 Å². The number of hydrogen-bond donors (Lipinski definition) is 0. The average Bonchev–Trinajstić information content (AvgIpc) is 2.35. The highest BCUT2D eigenvalue weighted by molar-refractivity contribution is 9.11. The number of nitrogens with zero attached hydrogens (tertiary/aromatic N) is 1. The van der Waals surface area contributed by atoms with E-state index in [4.69, 9.17) is 0 Å². The van der Waals surface area contributed by atoms with Gasteiger partial charge in [-0.15, -0.1) is 0 Å². The predicted octanol–water partition coefficient (Wildman–Crippen LogP) is 3.73. The van der Waals surface area contributed by atoms with Crippen LogP contribution in [0.25, 0.3) is 0 Å². The molecule has 106 valence electrons. The Bertz CT molecular complexity index is 577. The highest BCUT2D eigenvalue weighted by Crippen LogP contribution is 2.33. The maximum atomic E-state index is 12.8. The summed E-state index contributed by atoms with van der Waals surface area (Å²) in [6.07, 6.45) is 0. The van der Waals surface area contributed by atoms with Crippen LogP contribution in [0, 0.1) is 0 Å². The fraction of sp³-hybridized carbons (Fsp3) is 0.500. The number of benzene rings is 1. The Kier molecular flexibility index (Phi) is 5.04. The lowest BCUT2D eigenvalue weighted by Crippen LogP contribution is -2.47. The van der Waals surface area contributed by atoms with Gasteiger partial charge in [0.15, 0.2) is 0 Å². The second kappa shape index (κ2) is 6.05. The highest BCUT2D eigenvalue weighted by Gasteiger charge is 2.35. The van der Waals surface area contributed by atoms with Crippen molar-refractivity contribution in [1.82, 2.24) is 4.31 Å². The van der Waals surface area contributed by atoms with Gasteiger partial charge >= 0.3 is 0 Å². The molecule has 0 radical (unpaired) electrons. The van der Waals surface area contributed by atoms with Crippen LogP contribution in [0.3, 0.4) is 0 Å². The Hall–Kier alpha value is 0.440. The zero-order valence-corrected chi connectivity index (χ0v) is 15.4. The fourth-order valence-corrected chi connectivity index (χ4v) is 6.51. The summed E-state index contributed by atoms with van der Waals surface area (Å²) < 4.78 is 28.5. The highest BCUT2D eigenvalue weighted by atomic mass is 79.9. The summed E-state index contributed by atoms with van der Waals surface area (Å²) in [6, 6.07) is 5.23. The Morgan fingerprint density at radius 2 is 2.00 bits per heavy atom. The molecule has 2 rings (SSSR count). The van der Waals surface area contributed by atoms with E-state index >= 15 is 0 Å². The van der Waals surface area contributed by atoms with Crippen LogP contribution in [0.4, 0.5) is 0 Å². The third-order valence-corrected chi connectivity index (χ3v) is 8.12. The van der Waals surface area contributed by atoms with Crippen molar-refractivity contribution in [3.05, 3.63) is 27.1 Å². The topological polar surface area (TPSA) is 37.4 Å². The molecular formula is C12H15Br2NO2S2. The standard InChI is InChI=1S/C12H15Br2NO2S2/c1-8-9(2)18-6-5-15(8)19(16,17)12-7-10(13)3-4-11(12)14/h3-4,7-9H,5-6H2,1-2H3. The van der Waals surface area contributed by atoms with Crippen molar-refractivity contribution in [2.75, 3.05) is 12.3 Å². The Balaban J connectivity index is 2.44. The van der Waals surface area contributed by atoms with Crippen LogP contribution in [0.15, 0.2) is 32.0 Å². The molecule has 1 fully saturated rings. The summed E-state index contributed by atoms with van der Waals surface area (Å²) in [5.41, 5.74) is 0. The Morgan fingerprint density at radius 3 is 2.68 bits per heavy atom. The van der Waals surface area contributed by atoms with E-state index < -0.39 is 10.0 Å². The molecule has 1 heterocycles. The SMILES string of the molecule is CC1SCCN(S(=O)(=O)c2cc(Br)ccc2Br)C1C. The third kappa shape index (κ3) is 3.20. The zero-order chi connectivity index (χ0) is 14.2. The summed E-state index contributed by atoms with van der Waals surface area (Å²) in [5, 5.41) is 0.314. The fourth-order valence-electron chi connectivity index (χ4n) is 2.05. The first-order valence-corrected chi connectivity index (χ1v) is 10.00. The number of halogens is 2. The van der Waals surface area contributed by atoms with E-state index in [1.807, 2.05) is 24.8 Å². The largest absolute Gasteiger partial charge is 0.244 e. The monoisotopic (exact) mass is 427 g/mol. The van der Waals surface area contributed by atoms with E-state index in [-0.39, 0.29) is 6.04 Å². The van der Waals surface area contributed by atoms with Gasteiger partial charge in [-0.1, -0.05) is 22.9 Å². The molecule has 1 saturated heterocycles. The molecule has 1 aliphatic rings. The lowest BCUT2D eigenvalue weighted by molar-refractivity contribution is 0.340. The van der Waals surface area contributed by atoms with Crippen LogP contribution in [0.1, 0.15) is 13.8 Å². The van der Waals surface area contributed by atoms with Crippen molar-refractivity contribution in [3.63, 3.8) is 0 Å². The number of thioether (sulfide) groups is 1. The third-order valence-electron chi connectivity index (χ3n) is 3.31. The van der Waals surface area contributed by atoms with Gasteiger partial charge in [-0.05, 0) is 41.1 Å². The lowest BCUT2D eigenvalue weighted by atomic mass is 10.2. The van der Waals surface area contributed by atoms with Crippen molar-refractivity contribution < 1.29 is 8.42 Å². The molecule has 0 bridgehead atoms. The smallest absolute Gasteiger partial charge is 0.207 e. The van der Waals surface area contributed by atoms with E-state index in [1.165, 1.54) is 0 Å². The maximum absolute atomic E-state index is 12.8. The van der Waals surface area contributed by atoms with Gasteiger partial charge in [0.25, 0.3) is 0 Å². The molecule has 0 amide bonds. The van der Waals surface area contributed by atoms with Gasteiger partial charge in [0.05, 0.1) is 4.90 Å². The van der Waals surface area contributed by atoms with Gasteiger partial charge in [-0.2, -0.15) is 16.1 Å². The molecule has 0 N–H and O–H groups in total. The van der Waals surface area contributed by atoms with E-state index in [1.54, 1.807) is 16.4 Å². The molecule has 0 aliphatic carbocycles. The van der Waals surface area contributed by atoms with Gasteiger partial charge < -0.3 is 0 Å². The zero-order valence-electron chi connectivity index (χ0n) is 10.6. The summed E-state index contributed by atoms with van der Waals surface area (Å²) in [7, 11) is -3.45. The summed E-state index contributed by atoms with van der Waals surface area (Å²) in [5.74, 6) is 0.844. The number of rotatable bonds is 2. The first-order valence-electron chi connectivity index (χ1n) is 5.92. The van der Waals surface area contributed by atoms with Crippen LogP contribution in [-0.2, 0) is 10.0 Å². The summed E-state index contributed by atoms with van der Waals surface area (Å²) in [6.45, 7) is 4.62. The van der Waals surface area contributed by atoms with Gasteiger partial charge in [0, 0.05) is 32.5 Å². The van der Waals surface area contributed by atoms with E-state index in [0.29, 0.717) is 21.2 Å². The van der Waals surface area contributed by atoms with E-state index in [0.717, 1.165) is 10.2 Å². The number of hydrogen-bond acceptors (Lipinski definition) is 3. The minimum absolute atomic E-state index is 0.00892. The van der Waals surface area contributed by atoms with Crippen LogP contribution < -0.4 is 0 Å². The molecule has 0 saturated carbocycles. The van der Waals surface area contributed by atoms with Gasteiger partial charge in [-0.25, -0.2) is 8.42 Å². The molecule has 3 nitrogen and oxygen atoms in total. The maximum Gasteiger partial charge on any atom is 0.244 e. The molecule has 1 aliphatic heterocycles. The Morgan fingerprint density at radius 1 is 1.32 bits per heavy atom. The summed E-state index contributed by atoms with van der Waals surface area (Å²) in [4.78, 5) is 0.327. The number of sulfonamides is 1. The second-order valence-corrected chi connectivity index (χ2v) is 9.62. The normalized spacial score (nSPS) is 25.5. The average molecular weight is 429 g/mol. The van der Waals surface area contributed by atoms with Gasteiger partial charge in [0.1, 0.15) is 0 Å². The molecule has 1 aromatic carbocycles. The van der Waals surface area contributed by atoms with Crippen LogP contribution in [-0.4, -0.2) is 36.3 Å². The molecule has 0 spiro atoms. The quantitative estimate of drug-likeness (QED) is 0.720. The molecule has 19 heavy (non-hydrogen) atoms. The molecular weight excluding hydrogens is 414 g/mol. The predicted molar refractivity (Wildman–Crippen MR) is 87.1 cm³/mol. The van der Waals surface area contributed by atoms with Crippen LogP contribution in [0.5, 0.6) is 0 Å².